The fraction of sp³-hybridized carbons (Fsp3) is 0.800. The molecule has 72 valence electrons. The molecule has 0 rings (SSSR count). The van der Waals surface area contributed by atoms with Crippen molar-refractivity contribution in [3.8, 4) is 0 Å². The Kier molecular flexibility index (Phi) is 5.18. The molecule has 0 bridgehead atoms. The molecule has 0 fully saturated rings. The van der Waals surface area contributed by atoms with Crippen molar-refractivity contribution in [2.45, 2.75) is 45.3 Å². The zero-order valence-corrected chi connectivity index (χ0v) is 8.34. The molecule has 0 spiro atoms. The topological polar surface area (TPSA) is 29.5 Å². The van der Waals surface area contributed by atoms with Crippen LogP contribution in [0, 0.1) is 0 Å². The zero-order chi connectivity index (χ0) is 9.61. The Morgan fingerprint density at radius 1 is 1.50 bits per heavy atom. The highest BCUT2D eigenvalue weighted by atomic mass is 16.5. The van der Waals surface area contributed by atoms with Crippen LogP contribution < -0.4 is 0 Å². The summed E-state index contributed by atoms with van der Waals surface area (Å²) in [5, 5.41) is 9.37. The lowest BCUT2D eigenvalue weighted by Gasteiger charge is -2.21. The average molecular weight is 172 g/mol. The third-order valence-corrected chi connectivity index (χ3v) is 1.41. The molecule has 0 heterocycles. The van der Waals surface area contributed by atoms with E-state index in [0.717, 1.165) is 12.8 Å². The van der Waals surface area contributed by atoms with Crippen LogP contribution in [-0.4, -0.2) is 23.4 Å². The first-order chi connectivity index (χ1) is 5.45. The lowest BCUT2D eigenvalue weighted by molar-refractivity contribution is -0.0501. The Hall–Kier alpha value is -0.340. The maximum atomic E-state index is 9.37. The number of aliphatic hydroxyl groups excluding tert-OH is 1. The summed E-state index contributed by atoms with van der Waals surface area (Å²) in [6.07, 6.45) is 3.02. The molecule has 0 amide bonds. The molecule has 2 nitrogen and oxygen atoms in total. The molecule has 0 aromatic heterocycles. The molecule has 0 saturated carbocycles. The monoisotopic (exact) mass is 172 g/mol. The van der Waals surface area contributed by atoms with E-state index in [9.17, 15) is 5.11 Å². The number of aliphatic hydroxyl groups is 1. The molecule has 12 heavy (non-hydrogen) atoms. The van der Waals surface area contributed by atoms with Gasteiger partial charge in [0, 0.05) is 0 Å². The van der Waals surface area contributed by atoms with Crippen LogP contribution in [0.2, 0.25) is 0 Å². The van der Waals surface area contributed by atoms with E-state index in [1.165, 1.54) is 0 Å². The summed E-state index contributed by atoms with van der Waals surface area (Å²) in [6.45, 7) is 9.94. The number of rotatable bonds is 5. The Morgan fingerprint density at radius 2 is 2.08 bits per heavy atom. The quantitative estimate of drug-likeness (QED) is 0.644. The highest BCUT2D eigenvalue weighted by Gasteiger charge is 2.12. The Balaban J connectivity index is 3.43. The van der Waals surface area contributed by atoms with Gasteiger partial charge < -0.3 is 9.84 Å². The van der Waals surface area contributed by atoms with Crippen molar-refractivity contribution < 1.29 is 9.84 Å². The molecule has 2 heteroatoms. The molecule has 0 aliphatic heterocycles. The van der Waals surface area contributed by atoms with Gasteiger partial charge in [-0.15, -0.1) is 6.58 Å². The predicted molar refractivity (Wildman–Crippen MR) is 51.1 cm³/mol. The Morgan fingerprint density at radius 3 is 2.50 bits per heavy atom. The van der Waals surface area contributed by atoms with Crippen LogP contribution in [-0.2, 0) is 4.74 Å². The molecule has 0 radical (unpaired) electrons. The second-order valence-corrected chi connectivity index (χ2v) is 3.94. The van der Waals surface area contributed by atoms with E-state index in [0.29, 0.717) is 6.61 Å². The summed E-state index contributed by atoms with van der Waals surface area (Å²) in [5.41, 5.74) is -0.158. The van der Waals surface area contributed by atoms with Gasteiger partial charge in [0.25, 0.3) is 0 Å². The average Bonchev–Trinajstić information content (AvgIpc) is 1.95. The van der Waals surface area contributed by atoms with Crippen molar-refractivity contribution in [3.63, 3.8) is 0 Å². The lowest BCUT2D eigenvalue weighted by Crippen LogP contribution is -2.25. The van der Waals surface area contributed by atoms with Crippen molar-refractivity contribution in [3.05, 3.63) is 12.7 Å². The minimum atomic E-state index is -0.359. The first-order valence-electron chi connectivity index (χ1n) is 4.38. The van der Waals surface area contributed by atoms with Crippen molar-refractivity contribution in [2.75, 3.05) is 6.61 Å². The van der Waals surface area contributed by atoms with Crippen LogP contribution in [0.15, 0.2) is 12.7 Å². The number of hydrogen-bond acceptors (Lipinski definition) is 2. The first kappa shape index (κ1) is 11.7. The zero-order valence-electron chi connectivity index (χ0n) is 8.34. The number of hydrogen-bond donors (Lipinski definition) is 1. The molecule has 1 unspecified atom stereocenters. The van der Waals surface area contributed by atoms with Gasteiger partial charge in [0.2, 0.25) is 0 Å². The molecule has 1 atom stereocenters. The summed E-state index contributed by atoms with van der Waals surface area (Å²) < 4.78 is 5.40. The van der Waals surface area contributed by atoms with Crippen LogP contribution in [0.1, 0.15) is 33.6 Å². The van der Waals surface area contributed by atoms with Gasteiger partial charge in [-0.1, -0.05) is 6.08 Å². The van der Waals surface area contributed by atoms with Crippen molar-refractivity contribution >= 4 is 0 Å². The fourth-order valence-electron chi connectivity index (χ4n) is 0.740. The maximum Gasteiger partial charge on any atom is 0.0776 e. The van der Waals surface area contributed by atoms with Crippen LogP contribution in [0.25, 0.3) is 0 Å². The van der Waals surface area contributed by atoms with Crippen LogP contribution in [0.5, 0.6) is 0 Å². The fourth-order valence-corrected chi connectivity index (χ4v) is 0.740. The molecule has 1 N–H and O–H groups in total. The highest BCUT2D eigenvalue weighted by molar-refractivity contribution is 4.69. The molecule has 0 aromatic rings. The first-order valence-corrected chi connectivity index (χ1v) is 4.38. The van der Waals surface area contributed by atoms with Gasteiger partial charge >= 0.3 is 0 Å². The largest absolute Gasteiger partial charge is 0.391 e. The van der Waals surface area contributed by atoms with E-state index < -0.39 is 0 Å². The molecule has 0 aliphatic rings. The van der Waals surface area contributed by atoms with Gasteiger partial charge in [-0.3, -0.25) is 0 Å². The highest BCUT2D eigenvalue weighted by Crippen LogP contribution is 2.08. The second-order valence-electron chi connectivity index (χ2n) is 3.94. The third kappa shape index (κ3) is 7.76. The number of allylic oxidation sites excluding steroid dienone is 1. The van der Waals surface area contributed by atoms with Gasteiger partial charge in [-0.05, 0) is 33.6 Å². The van der Waals surface area contributed by atoms with Gasteiger partial charge in [-0.25, -0.2) is 0 Å². The van der Waals surface area contributed by atoms with Crippen molar-refractivity contribution in [1.82, 2.24) is 0 Å². The molecule has 0 aromatic carbocycles. The van der Waals surface area contributed by atoms with Gasteiger partial charge in [0.15, 0.2) is 0 Å². The summed E-state index contributed by atoms with van der Waals surface area (Å²) >= 11 is 0. The normalized spacial score (nSPS) is 14.3. The summed E-state index contributed by atoms with van der Waals surface area (Å²) in [5.74, 6) is 0. The van der Waals surface area contributed by atoms with E-state index >= 15 is 0 Å². The minimum Gasteiger partial charge on any atom is -0.391 e. The van der Waals surface area contributed by atoms with Crippen LogP contribution in [0.4, 0.5) is 0 Å². The third-order valence-electron chi connectivity index (χ3n) is 1.41. The van der Waals surface area contributed by atoms with E-state index in [2.05, 4.69) is 6.58 Å². The van der Waals surface area contributed by atoms with Crippen LogP contribution >= 0.6 is 0 Å². The summed E-state index contributed by atoms with van der Waals surface area (Å²) in [6, 6.07) is 0. The SMILES string of the molecule is C=CCCC(O)COC(C)(C)C. The van der Waals surface area contributed by atoms with Crippen molar-refractivity contribution in [2.24, 2.45) is 0 Å². The standard InChI is InChI=1S/C10H20O2/c1-5-6-7-9(11)8-12-10(2,3)4/h5,9,11H,1,6-8H2,2-4H3. The number of ether oxygens (including phenoxy) is 1. The second kappa shape index (κ2) is 5.33. The van der Waals surface area contributed by atoms with E-state index in [4.69, 9.17) is 4.74 Å². The van der Waals surface area contributed by atoms with Gasteiger partial charge in [-0.2, -0.15) is 0 Å². The van der Waals surface area contributed by atoms with E-state index in [1.807, 2.05) is 20.8 Å². The Bertz CT molecular complexity index is 124. The molecule has 0 aliphatic carbocycles. The van der Waals surface area contributed by atoms with Crippen LogP contribution in [0.3, 0.4) is 0 Å². The minimum absolute atomic E-state index is 0.158. The predicted octanol–water partition coefficient (Wildman–Crippen LogP) is 2.13. The van der Waals surface area contributed by atoms with Crippen molar-refractivity contribution in [1.29, 1.82) is 0 Å². The lowest BCUT2D eigenvalue weighted by atomic mass is 10.1. The van der Waals surface area contributed by atoms with Gasteiger partial charge in [0.05, 0.1) is 18.3 Å². The smallest absolute Gasteiger partial charge is 0.0776 e. The molecular weight excluding hydrogens is 152 g/mol. The Labute approximate surface area is 75.2 Å². The van der Waals surface area contributed by atoms with Gasteiger partial charge in [0.1, 0.15) is 0 Å². The molecule has 0 saturated heterocycles. The summed E-state index contributed by atoms with van der Waals surface area (Å²) in [4.78, 5) is 0. The van der Waals surface area contributed by atoms with E-state index in [1.54, 1.807) is 6.08 Å². The maximum absolute atomic E-state index is 9.37. The molecular formula is C10H20O2. The van der Waals surface area contributed by atoms with E-state index in [-0.39, 0.29) is 11.7 Å². The summed E-state index contributed by atoms with van der Waals surface area (Å²) in [7, 11) is 0.